The molecule has 0 aliphatic carbocycles. The van der Waals surface area contributed by atoms with Crippen molar-refractivity contribution in [3.8, 4) is 0 Å². The van der Waals surface area contributed by atoms with Gasteiger partial charge in [0, 0.05) is 12.6 Å². The van der Waals surface area contributed by atoms with Crippen LogP contribution in [0.25, 0.3) is 0 Å². The summed E-state index contributed by atoms with van der Waals surface area (Å²) in [6.07, 6.45) is 0.693. The Morgan fingerprint density at radius 2 is 2.55 bits per heavy atom. The van der Waals surface area contributed by atoms with Crippen molar-refractivity contribution in [2.75, 3.05) is 13.2 Å². The van der Waals surface area contributed by atoms with Gasteiger partial charge in [0.1, 0.15) is 6.04 Å². The molecule has 1 saturated heterocycles. The number of carbonyl (C=O) groups is 1. The number of rotatable bonds is 2. The van der Waals surface area contributed by atoms with E-state index >= 15 is 0 Å². The van der Waals surface area contributed by atoms with E-state index in [0.717, 1.165) is 0 Å². The quantitative estimate of drug-likeness (QED) is 0.518. The van der Waals surface area contributed by atoms with Gasteiger partial charge < -0.3 is 15.8 Å². The molecule has 1 heterocycles. The lowest BCUT2D eigenvalue weighted by Crippen LogP contribution is -2.32. The van der Waals surface area contributed by atoms with Gasteiger partial charge in [-0.1, -0.05) is 0 Å². The van der Waals surface area contributed by atoms with Crippen LogP contribution < -0.4 is 11.1 Å². The van der Waals surface area contributed by atoms with Crippen molar-refractivity contribution in [1.29, 1.82) is 0 Å². The highest BCUT2D eigenvalue weighted by Gasteiger charge is 2.27. The van der Waals surface area contributed by atoms with Crippen LogP contribution >= 0.6 is 0 Å². The molecule has 4 nitrogen and oxygen atoms in total. The fraction of sp³-hybridized carbons (Fsp3) is 0.857. The van der Waals surface area contributed by atoms with Gasteiger partial charge in [-0.3, -0.25) is 4.79 Å². The predicted molar refractivity (Wildman–Crippen MR) is 41.0 cm³/mol. The van der Waals surface area contributed by atoms with E-state index in [1.807, 2.05) is 0 Å². The van der Waals surface area contributed by atoms with Gasteiger partial charge in [-0.2, -0.15) is 0 Å². The molecule has 0 amide bonds. The summed E-state index contributed by atoms with van der Waals surface area (Å²) in [5, 5.41) is 2.99. The number of ether oxygens (including phenoxy) is 1. The third-order valence-corrected chi connectivity index (χ3v) is 1.74. The second-order valence-corrected chi connectivity index (χ2v) is 2.71. The predicted octanol–water partition coefficient (Wildman–Crippen LogP) is -0.761. The summed E-state index contributed by atoms with van der Waals surface area (Å²) in [7, 11) is 0. The van der Waals surface area contributed by atoms with Gasteiger partial charge in [0.25, 0.3) is 0 Å². The van der Waals surface area contributed by atoms with E-state index in [1.54, 1.807) is 6.92 Å². The summed E-state index contributed by atoms with van der Waals surface area (Å²) >= 11 is 0. The van der Waals surface area contributed by atoms with Crippen LogP contribution in [0.3, 0.4) is 0 Å². The lowest BCUT2D eigenvalue weighted by Gasteiger charge is -2.07. The van der Waals surface area contributed by atoms with Crippen molar-refractivity contribution in [2.45, 2.75) is 25.4 Å². The first-order chi connectivity index (χ1) is 5.24. The van der Waals surface area contributed by atoms with Crippen molar-refractivity contribution < 1.29 is 9.53 Å². The van der Waals surface area contributed by atoms with Crippen LogP contribution in [0.1, 0.15) is 13.3 Å². The van der Waals surface area contributed by atoms with Crippen molar-refractivity contribution in [3.05, 3.63) is 0 Å². The topological polar surface area (TPSA) is 64.3 Å². The average Bonchev–Trinajstić information content (AvgIpc) is 2.36. The highest BCUT2D eigenvalue weighted by atomic mass is 16.5. The standard InChI is InChI=1S/C7H14N2O2/c1-2-11-7(10)6-3-5(8)4-9-6/h5-6,9H,2-4,8H2,1H3/t5-,6+/m1/s1. The molecule has 0 bridgehead atoms. The van der Waals surface area contributed by atoms with Crippen LogP contribution in [0, 0.1) is 0 Å². The summed E-state index contributed by atoms with van der Waals surface area (Å²) in [4.78, 5) is 11.1. The van der Waals surface area contributed by atoms with E-state index in [2.05, 4.69) is 5.32 Å². The normalized spacial score (nSPS) is 30.4. The number of hydrogen-bond acceptors (Lipinski definition) is 4. The maximum Gasteiger partial charge on any atom is 0.323 e. The number of hydrogen-bond donors (Lipinski definition) is 2. The van der Waals surface area contributed by atoms with Gasteiger partial charge in [0.15, 0.2) is 0 Å². The zero-order valence-electron chi connectivity index (χ0n) is 6.67. The molecule has 0 radical (unpaired) electrons. The highest BCUT2D eigenvalue weighted by Crippen LogP contribution is 2.05. The van der Waals surface area contributed by atoms with Crippen LogP contribution in [0.4, 0.5) is 0 Å². The first kappa shape index (κ1) is 8.49. The molecule has 3 N–H and O–H groups in total. The summed E-state index contributed by atoms with van der Waals surface area (Å²) in [5.41, 5.74) is 5.59. The maximum atomic E-state index is 11.1. The monoisotopic (exact) mass is 158 g/mol. The molecule has 0 aromatic carbocycles. The fourth-order valence-electron chi connectivity index (χ4n) is 1.19. The Labute approximate surface area is 66.1 Å². The van der Waals surface area contributed by atoms with Crippen LogP contribution in [-0.2, 0) is 9.53 Å². The largest absolute Gasteiger partial charge is 0.465 e. The Kier molecular flexibility index (Phi) is 2.84. The molecular weight excluding hydrogens is 144 g/mol. The molecule has 1 aliphatic heterocycles. The van der Waals surface area contributed by atoms with E-state index in [9.17, 15) is 4.79 Å². The summed E-state index contributed by atoms with van der Waals surface area (Å²) in [6, 6.07) is -0.0747. The number of esters is 1. The SMILES string of the molecule is CCOC(=O)[C@@H]1C[C@@H](N)CN1. The summed E-state index contributed by atoms with van der Waals surface area (Å²) < 4.78 is 4.82. The van der Waals surface area contributed by atoms with E-state index < -0.39 is 0 Å². The van der Waals surface area contributed by atoms with Gasteiger partial charge in [-0.25, -0.2) is 0 Å². The molecule has 0 saturated carbocycles. The third kappa shape index (κ3) is 2.17. The minimum atomic E-state index is -0.180. The van der Waals surface area contributed by atoms with Crippen LogP contribution in [0.5, 0.6) is 0 Å². The molecule has 0 aromatic heterocycles. The maximum absolute atomic E-state index is 11.1. The Morgan fingerprint density at radius 3 is 3.00 bits per heavy atom. The van der Waals surface area contributed by atoms with Crippen LogP contribution in [0.15, 0.2) is 0 Å². The molecule has 0 spiro atoms. The molecule has 4 heteroatoms. The summed E-state index contributed by atoms with van der Waals surface area (Å²) in [5.74, 6) is -0.180. The van der Waals surface area contributed by atoms with Gasteiger partial charge >= 0.3 is 5.97 Å². The number of nitrogens with two attached hydrogens (primary N) is 1. The van der Waals surface area contributed by atoms with Crippen molar-refractivity contribution in [3.63, 3.8) is 0 Å². The lowest BCUT2D eigenvalue weighted by molar-refractivity contribution is -0.145. The van der Waals surface area contributed by atoms with Gasteiger partial charge in [0.2, 0.25) is 0 Å². The first-order valence-corrected chi connectivity index (χ1v) is 3.89. The summed E-state index contributed by atoms with van der Waals surface area (Å²) in [6.45, 7) is 2.95. The molecule has 11 heavy (non-hydrogen) atoms. The molecule has 64 valence electrons. The third-order valence-electron chi connectivity index (χ3n) is 1.74. The lowest BCUT2D eigenvalue weighted by atomic mass is 10.2. The molecule has 0 aromatic rings. The highest BCUT2D eigenvalue weighted by molar-refractivity contribution is 5.76. The Bertz CT molecular complexity index is 149. The first-order valence-electron chi connectivity index (χ1n) is 3.89. The second kappa shape index (κ2) is 3.69. The van der Waals surface area contributed by atoms with Crippen LogP contribution in [0.2, 0.25) is 0 Å². The van der Waals surface area contributed by atoms with E-state index in [4.69, 9.17) is 10.5 Å². The Morgan fingerprint density at radius 1 is 1.82 bits per heavy atom. The fourth-order valence-corrected chi connectivity index (χ4v) is 1.19. The number of carbonyl (C=O) groups excluding carboxylic acids is 1. The van der Waals surface area contributed by atoms with Crippen molar-refractivity contribution >= 4 is 5.97 Å². The minimum absolute atomic E-state index is 0.101. The van der Waals surface area contributed by atoms with Crippen LogP contribution in [-0.4, -0.2) is 31.2 Å². The Balaban J connectivity index is 2.31. The van der Waals surface area contributed by atoms with E-state index in [-0.39, 0.29) is 18.1 Å². The van der Waals surface area contributed by atoms with Crippen molar-refractivity contribution in [1.82, 2.24) is 5.32 Å². The van der Waals surface area contributed by atoms with Crippen molar-refractivity contribution in [2.24, 2.45) is 5.73 Å². The minimum Gasteiger partial charge on any atom is -0.465 e. The van der Waals surface area contributed by atoms with Gasteiger partial charge in [-0.15, -0.1) is 0 Å². The average molecular weight is 158 g/mol. The molecule has 1 fully saturated rings. The molecular formula is C7H14N2O2. The molecule has 0 unspecified atom stereocenters. The van der Waals surface area contributed by atoms with Gasteiger partial charge in [-0.05, 0) is 13.3 Å². The van der Waals surface area contributed by atoms with E-state index in [1.165, 1.54) is 0 Å². The second-order valence-electron chi connectivity index (χ2n) is 2.71. The zero-order valence-corrected chi connectivity index (χ0v) is 6.67. The molecule has 2 atom stereocenters. The molecule has 1 aliphatic rings. The van der Waals surface area contributed by atoms with E-state index in [0.29, 0.717) is 19.6 Å². The number of nitrogens with one attached hydrogen (secondary N) is 1. The smallest absolute Gasteiger partial charge is 0.323 e. The molecule has 1 rings (SSSR count). The Hall–Kier alpha value is -0.610. The zero-order chi connectivity index (χ0) is 8.27. The van der Waals surface area contributed by atoms with Gasteiger partial charge in [0.05, 0.1) is 6.61 Å².